The second kappa shape index (κ2) is 8.67. The Kier molecular flexibility index (Phi) is 6.06. The van der Waals surface area contributed by atoms with Gasteiger partial charge in [-0.25, -0.2) is 9.18 Å². The van der Waals surface area contributed by atoms with Gasteiger partial charge in [0.25, 0.3) is 5.91 Å². The summed E-state index contributed by atoms with van der Waals surface area (Å²) in [5.41, 5.74) is 1.84. The van der Waals surface area contributed by atoms with Gasteiger partial charge in [0, 0.05) is 24.6 Å². The number of fused-ring (bicyclic) bond motifs is 1. The van der Waals surface area contributed by atoms with Crippen molar-refractivity contribution < 1.29 is 27.9 Å². The van der Waals surface area contributed by atoms with Gasteiger partial charge >= 0.3 is 5.97 Å². The Morgan fingerprint density at radius 3 is 2.57 bits per heavy atom. The number of methoxy groups -OCH3 is 1. The molecule has 7 heteroatoms. The largest absolute Gasteiger partial charge is 0.449 e. The smallest absolute Gasteiger partial charge is 0.375 e. The van der Waals surface area contributed by atoms with Crippen molar-refractivity contribution in [1.82, 2.24) is 5.32 Å². The lowest BCUT2D eigenvalue weighted by Crippen LogP contribution is -2.35. The van der Waals surface area contributed by atoms with Crippen LogP contribution in [0.25, 0.3) is 11.0 Å². The van der Waals surface area contributed by atoms with Crippen molar-refractivity contribution in [1.29, 1.82) is 0 Å². The van der Waals surface area contributed by atoms with Crippen molar-refractivity contribution in [3.8, 4) is 0 Å². The third kappa shape index (κ3) is 4.37. The maximum Gasteiger partial charge on any atom is 0.375 e. The number of esters is 1. The van der Waals surface area contributed by atoms with E-state index in [1.807, 2.05) is 12.1 Å². The first-order chi connectivity index (χ1) is 13.5. The molecular weight excluding hydrogens is 365 g/mol. The van der Waals surface area contributed by atoms with Gasteiger partial charge in [-0.15, -0.1) is 0 Å². The molecule has 0 saturated carbocycles. The number of ether oxygens (including phenoxy) is 2. The van der Waals surface area contributed by atoms with Gasteiger partial charge in [0.05, 0.1) is 6.61 Å². The maximum absolute atomic E-state index is 12.9. The molecule has 1 heterocycles. The topological polar surface area (TPSA) is 77.8 Å². The van der Waals surface area contributed by atoms with Crippen LogP contribution in [0.15, 0.2) is 52.9 Å². The highest BCUT2D eigenvalue weighted by molar-refractivity contribution is 5.97. The van der Waals surface area contributed by atoms with Crippen LogP contribution >= 0.6 is 0 Å². The Morgan fingerprint density at radius 1 is 1.14 bits per heavy atom. The van der Waals surface area contributed by atoms with E-state index in [9.17, 15) is 14.0 Å². The molecule has 0 bridgehead atoms. The average molecular weight is 385 g/mol. The molecule has 0 radical (unpaired) electrons. The Hall–Kier alpha value is -3.19. The van der Waals surface area contributed by atoms with E-state index in [1.54, 1.807) is 24.3 Å². The number of para-hydroxylation sites is 1. The van der Waals surface area contributed by atoms with Crippen molar-refractivity contribution in [3.63, 3.8) is 0 Å². The third-order valence-electron chi connectivity index (χ3n) is 4.21. The summed E-state index contributed by atoms with van der Waals surface area (Å²) in [7, 11) is 1.52. The molecule has 1 amide bonds. The molecule has 1 N–H and O–H groups in total. The van der Waals surface area contributed by atoms with Crippen LogP contribution in [-0.4, -0.2) is 25.1 Å². The Balaban J connectivity index is 1.66. The number of carbonyl (C=O) groups is 2. The van der Waals surface area contributed by atoms with Crippen molar-refractivity contribution >= 4 is 22.8 Å². The van der Waals surface area contributed by atoms with Crippen LogP contribution in [0.2, 0.25) is 0 Å². The van der Waals surface area contributed by atoms with Crippen LogP contribution in [0.1, 0.15) is 28.6 Å². The molecule has 0 aliphatic carbocycles. The van der Waals surface area contributed by atoms with Gasteiger partial charge in [0.2, 0.25) is 5.76 Å². The van der Waals surface area contributed by atoms with Crippen molar-refractivity contribution in [2.45, 2.75) is 26.2 Å². The van der Waals surface area contributed by atoms with Gasteiger partial charge in [-0.05, 0) is 30.7 Å². The van der Waals surface area contributed by atoms with Crippen LogP contribution in [0.3, 0.4) is 0 Å². The highest BCUT2D eigenvalue weighted by Gasteiger charge is 2.25. The number of rotatable bonds is 7. The highest BCUT2D eigenvalue weighted by atomic mass is 19.1. The summed E-state index contributed by atoms with van der Waals surface area (Å²) in [5, 5.41) is 3.40. The number of amides is 1. The summed E-state index contributed by atoms with van der Waals surface area (Å²) in [6.07, 6.45) is -1.03. The van der Waals surface area contributed by atoms with Gasteiger partial charge in [-0.3, -0.25) is 4.79 Å². The van der Waals surface area contributed by atoms with Gasteiger partial charge in [0.15, 0.2) is 6.10 Å². The number of furan rings is 1. The molecule has 0 saturated heterocycles. The molecule has 0 unspecified atom stereocenters. The molecule has 146 valence electrons. The predicted molar refractivity (Wildman–Crippen MR) is 100 cm³/mol. The molecule has 2 aromatic carbocycles. The summed E-state index contributed by atoms with van der Waals surface area (Å²) >= 11 is 0. The van der Waals surface area contributed by atoms with Crippen LogP contribution in [0.5, 0.6) is 0 Å². The van der Waals surface area contributed by atoms with Gasteiger partial charge < -0.3 is 19.2 Å². The van der Waals surface area contributed by atoms with E-state index in [2.05, 4.69) is 5.32 Å². The van der Waals surface area contributed by atoms with Crippen molar-refractivity contribution in [2.24, 2.45) is 0 Å². The third-order valence-corrected chi connectivity index (χ3v) is 4.21. The summed E-state index contributed by atoms with van der Waals surface area (Å²) in [6.45, 7) is 1.84. The normalized spacial score (nSPS) is 12.0. The molecule has 3 rings (SSSR count). The van der Waals surface area contributed by atoms with Crippen molar-refractivity contribution in [3.05, 3.63) is 71.2 Å². The van der Waals surface area contributed by atoms with E-state index >= 15 is 0 Å². The zero-order valence-corrected chi connectivity index (χ0v) is 15.5. The van der Waals surface area contributed by atoms with E-state index in [-0.39, 0.29) is 24.7 Å². The standard InChI is InChI=1S/C21H20FNO5/c1-13(20(24)23-11-14-7-9-15(22)10-8-14)27-21(25)19-17(12-26-2)16-5-3-4-6-18(16)28-19/h3-10,13H,11-12H2,1-2H3,(H,23,24)/t13-/m0/s1. The Labute approximate surface area is 161 Å². The molecular formula is C21H20FNO5. The fourth-order valence-corrected chi connectivity index (χ4v) is 2.75. The number of nitrogens with one attached hydrogen (secondary N) is 1. The Bertz CT molecular complexity index is 980. The minimum Gasteiger partial charge on any atom is -0.449 e. The van der Waals surface area contributed by atoms with Crippen molar-refractivity contribution in [2.75, 3.05) is 7.11 Å². The maximum atomic E-state index is 12.9. The predicted octanol–water partition coefficient (Wildman–Crippen LogP) is 3.58. The van der Waals surface area contributed by atoms with Crippen LogP contribution < -0.4 is 5.32 Å². The van der Waals surface area contributed by atoms with E-state index < -0.39 is 18.0 Å². The second-order valence-electron chi connectivity index (χ2n) is 6.23. The lowest BCUT2D eigenvalue weighted by atomic mass is 10.1. The number of halogens is 1. The fourth-order valence-electron chi connectivity index (χ4n) is 2.75. The Morgan fingerprint density at radius 2 is 1.86 bits per heavy atom. The van der Waals surface area contributed by atoms with Crippen LogP contribution in [-0.2, 0) is 27.4 Å². The SMILES string of the molecule is COCc1c(C(=O)O[C@@H](C)C(=O)NCc2ccc(F)cc2)oc2ccccc12. The summed E-state index contributed by atoms with van der Waals surface area (Å²) in [5.74, 6) is -1.55. The summed E-state index contributed by atoms with van der Waals surface area (Å²) < 4.78 is 29.0. The van der Waals surface area contributed by atoms with Crippen LogP contribution in [0, 0.1) is 5.82 Å². The lowest BCUT2D eigenvalue weighted by Gasteiger charge is -2.13. The zero-order chi connectivity index (χ0) is 20.1. The van der Waals surface area contributed by atoms with E-state index in [4.69, 9.17) is 13.9 Å². The molecule has 0 spiro atoms. The quantitative estimate of drug-likeness (QED) is 0.629. The second-order valence-corrected chi connectivity index (χ2v) is 6.23. The monoisotopic (exact) mass is 385 g/mol. The zero-order valence-electron chi connectivity index (χ0n) is 15.5. The summed E-state index contributed by atoms with van der Waals surface area (Å²) in [4.78, 5) is 24.8. The minimum absolute atomic E-state index is 0.0150. The van der Waals surface area contributed by atoms with Gasteiger partial charge in [-0.1, -0.05) is 30.3 Å². The molecule has 0 aliphatic heterocycles. The molecule has 0 fully saturated rings. The average Bonchev–Trinajstić information content (AvgIpc) is 3.06. The van der Waals surface area contributed by atoms with Gasteiger partial charge in [0.1, 0.15) is 11.4 Å². The molecule has 3 aromatic rings. The lowest BCUT2D eigenvalue weighted by molar-refractivity contribution is -0.129. The van der Waals surface area contributed by atoms with E-state index in [1.165, 1.54) is 26.2 Å². The van der Waals surface area contributed by atoms with Crippen LogP contribution in [0.4, 0.5) is 4.39 Å². The first kappa shape index (κ1) is 19.6. The molecule has 6 nitrogen and oxygen atoms in total. The van der Waals surface area contributed by atoms with Gasteiger partial charge in [-0.2, -0.15) is 0 Å². The van der Waals surface area contributed by atoms with E-state index in [0.29, 0.717) is 11.1 Å². The number of hydrogen-bond acceptors (Lipinski definition) is 5. The number of benzene rings is 2. The fraction of sp³-hybridized carbons (Fsp3) is 0.238. The molecule has 1 aromatic heterocycles. The summed E-state index contributed by atoms with van der Waals surface area (Å²) in [6, 6.07) is 12.9. The molecule has 1 atom stereocenters. The highest BCUT2D eigenvalue weighted by Crippen LogP contribution is 2.27. The minimum atomic E-state index is -1.03. The molecule has 28 heavy (non-hydrogen) atoms. The number of hydrogen-bond donors (Lipinski definition) is 1. The first-order valence-corrected chi connectivity index (χ1v) is 8.72. The first-order valence-electron chi connectivity index (χ1n) is 8.72. The number of carbonyl (C=O) groups excluding carboxylic acids is 2. The molecule has 0 aliphatic rings. The van der Waals surface area contributed by atoms with E-state index in [0.717, 1.165) is 10.9 Å².